The van der Waals surface area contributed by atoms with E-state index in [0.29, 0.717) is 25.7 Å². The molecule has 220 valence electrons. The molecule has 0 aromatic rings. The molecule has 4 aliphatic rings. The van der Waals surface area contributed by atoms with Crippen molar-refractivity contribution in [3.05, 3.63) is 12.2 Å². The zero-order valence-electron chi connectivity index (χ0n) is 23.2. The van der Waals surface area contributed by atoms with E-state index in [2.05, 4.69) is 6.58 Å². The molecule has 39 heavy (non-hydrogen) atoms. The molecule has 1 spiro atoms. The van der Waals surface area contributed by atoms with Crippen LogP contribution in [0.15, 0.2) is 12.2 Å². The molecule has 11 nitrogen and oxygen atoms in total. The van der Waals surface area contributed by atoms with Gasteiger partial charge in [-0.05, 0) is 46.5 Å². The van der Waals surface area contributed by atoms with Crippen molar-refractivity contribution < 1.29 is 52.6 Å². The van der Waals surface area contributed by atoms with Crippen molar-refractivity contribution >= 4 is 17.9 Å². The van der Waals surface area contributed by atoms with Crippen LogP contribution in [0, 0.1) is 11.8 Å². The van der Waals surface area contributed by atoms with Gasteiger partial charge in [0.05, 0.1) is 25.4 Å². The Bertz CT molecular complexity index is 921. The zero-order chi connectivity index (χ0) is 28.2. The highest BCUT2D eigenvalue weighted by Gasteiger charge is 2.61. The number of ether oxygens (including phenoxy) is 7. The zero-order valence-corrected chi connectivity index (χ0v) is 23.2. The molecule has 1 N–H and O–H groups in total. The summed E-state index contributed by atoms with van der Waals surface area (Å²) in [7, 11) is 0. The van der Waals surface area contributed by atoms with Gasteiger partial charge in [-0.1, -0.05) is 19.4 Å². The summed E-state index contributed by atoms with van der Waals surface area (Å²) in [5, 5.41) is 11.7. The lowest BCUT2D eigenvalue weighted by molar-refractivity contribution is -0.310. The van der Waals surface area contributed by atoms with Crippen LogP contribution in [0.5, 0.6) is 0 Å². The Morgan fingerprint density at radius 2 is 1.56 bits per heavy atom. The minimum Gasteiger partial charge on any atom is -0.466 e. The fourth-order valence-electron chi connectivity index (χ4n) is 6.10. The summed E-state index contributed by atoms with van der Waals surface area (Å²) in [6.07, 6.45) is 1.78. The van der Waals surface area contributed by atoms with Crippen molar-refractivity contribution in [1.29, 1.82) is 0 Å². The average Bonchev–Trinajstić information content (AvgIpc) is 3.26. The first-order chi connectivity index (χ1) is 18.6. The van der Waals surface area contributed by atoms with Crippen LogP contribution in [-0.4, -0.2) is 79.0 Å². The molecule has 4 fully saturated rings. The van der Waals surface area contributed by atoms with E-state index < -0.39 is 65.9 Å². The van der Waals surface area contributed by atoms with Gasteiger partial charge in [0.2, 0.25) is 0 Å². The first-order valence-electron chi connectivity index (χ1n) is 14.2. The Balaban J connectivity index is 1.59. The Morgan fingerprint density at radius 3 is 2.23 bits per heavy atom. The molecule has 2 aliphatic heterocycles. The van der Waals surface area contributed by atoms with Crippen LogP contribution in [0.2, 0.25) is 0 Å². The average molecular weight is 555 g/mol. The van der Waals surface area contributed by atoms with Gasteiger partial charge < -0.3 is 38.3 Å². The molecule has 0 amide bonds. The third kappa shape index (κ3) is 6.48. The monoisotopic (exact) mass is 554 g/mol. The largest absolute Gasteiger partial charge is 0.466 e. The molecule has 0 aromatic heterocycles. The molecule has 0 radical (unpaired) electrons. The summed E-state index contributed by atoms with van der Waals surface area (Å²) in [5.74, 6) is -6.00. The summed E-state index contributed by atoms with van der Waals surface area (Å²) < 4.78 is 41.3. The fraction of sp³-hybridized carbons (Fsp3) is 0.821. The number of rotatable bonds is 9. The minimum atomic E-state index is -1.78. The minimum absolute atomic E-state index is 0.0911. The molecule has 0 bridgehead atoms. The molecule has 4 rings (SSSR count). The molecule has 0 aromatic carbocycles. The molecule has 2 heterocycles. The number of carbonyl (C=O) groups is 3. The van der Waals surface area contributed by atoms with E-state index in [0.717, 1.165) is 19.3 Å². The van der Waals surface area contributed by atoms with Gasteiger partial charge in [0.1, 0.15) is 24.5 Å². The lowest BCUT2D eigenvalue weighted by Crippen LogP contribution is -2.56. The van der Waals surface area contributed by atoms with Crippen LogP contribution in [0.1, 0.15) is 78.6 Å². The number of aliphatic hydroxyl groups is 1. The van der Waals surface area contributed by atoms with Gasteiger partial charge in [0.15, 0.2) is 17.9 Å². The van der Waals surface area contributed by atoms with Gasteiger partial charge in [0, 0.05) is 24.8 Å². The van der Waals surface area contributed by atoms with E-state index in [1.54, 1.807) is 20.8 Å². The van der Waals surface area contributed by atoms with Crippen molar-refractivity contribution in [2.45, 2.75) is 115 Å². The first kappa shape index (κ1) is 29.9. The van der Waals surface area contributed by atoms with Crippen LogP contribution < -0.4 is 0 Å². The maximum atomic E-state index is 12.9. The fourth-order valence-corrected chi connectivity index (χ4v) is 6.10. The van der Waals surface area contributed by atoms with Gasteiger partial charge >= 0.3 is 17.9 Å². The molecular formula is C28H42O11. The van der Waals surface area contributed by atoms with E-state index in [-0.39, 0.29) is 38.2 Å². The molecule has 2 saturated heterocycles. The Kier molecular flexibility index (Phi) is 9.69. The standard InChI is InChI=1S/C28H42O11/c1-5-33-24(30)19-11-7-9-13-27(19,32)37-21-15-18(16-35-23(29)17(3)4)36-26-22(21)38-28(39-26)14-10-8-12-20(28)25(31)34-6-2/h18-22,26,32H,3,5-16H2,1-2,4H3/t18?,19?,20?,21?,22-,26-,27?,28?/m1/s1. The molecule has 2 saturated carbocycles. The van der Waals surface area contributed by atoms with Gasteiger partial charge in [-0.3, -0.25) is 9.59 Å². The lowest BCUT2D eigenvalue weighted by Gasteiger charge is -2.44. The Hall–Kier alpha value is -2.05. The quantitative estimate of drug-likeness (QED) is 0.195. The van der Waals surface area contributed by atoms with E-state index in [9.17, 15) is 19.5 Å². The van der Waals surface area contributed by atoms with Crippen LogP contribution >= 0.6 is 0 Å². The SMILES string of the molecule is C=C(C)C(=O)OCC1CC(OC2(O)CCCCC2C(=O)OCC)[C@H]2OC3(CCCCC3C(=O)OCC)O[C@H]2O1. The lowest BCUT2D eigenvalue weighted by atomic mass is 9.82. The topological polar surface area (TPSA) is 136 Å². The highest BCUT2D eigenvalue weighted by molar-refractivity contribution is 5.86. The van der Waals surface area contributed by atoms with Gasteiger partial charge in [-0.25, -0.2) is 4.79 Å². The summed E-state index contributed by atoms with van der Waals surface area (Å²) >= 11 is 0. The molecule has 11 heteroatoms. The van der Waals surface area contributed by atoms with E-state index in [1.807, 2.05) is 0 Å². The van der Waals surface area contributed by atoms with Crippen molar-refractivity contribution in [2.24, 2.45) is 11.8 Å². The maximum Gasteiger partial charge on any atom is 0.333 e. The van der Waals surface area contributed by atoms with E-state index in [1.165, 1.54) is 0 Å². The van der Waals surface area contributed by atoms with Gasteiger partial charge in [-0.15, -0.1) is 0 Å². The second kappa shape index (κ2) is 12.6. The van der Waals surface area contributed by atoms with Crippen LogP contribution in [0.4, 0.5) is 0 Å². The number of carbonyl (C=O) groups excluding carboxylic acids is 3. The third-order valence-electron chi connectivity index (χ3n) is 7.98. The molecule has 6 unspecified atom stereocenters. The van der Waals surface area contributed by atoms with E-state index in [4.69, 9.17) is 33.2 Å². The van der Waals surface area contributed by atoms with Crippen molar-refractivity contribution in [2.75, 3.05) is 19.8 Å². The molecule has 2 aliphatic carbocycles. The predicted molar refractivity (Wildman–Crippen MR) is 135 cm³/mol. The number of fused-ring (bicyclic) bond motifs is 1. The Morgan fingerprint density at radius 1 is 0.923 bits per heavy atom. The highest BCUT2D eigenvalue weighted by atomic mass is 16.8. The van der Waals surface area contributed by atoms with Crippen LogP contribution in [-0.2, 0) is 47.5 Å². The number of esters is 3. The molecular weight excluding hydrogens is 512 g/mol. The second-order valence-electron chi connectivity index (χ2n) is 10.9. The number of hydrogen-bond donors (Lipinski definition) is 1. The second-order valence-corrected chi connectivity index (χ2v) is 10.9. The Labute approximate surface area is 229 Å². The molecule has 8 atom stereocenters. The number of hydrogen-bond acceptors (Lipinski definition) is 11. The van der Waals surface area contributed by atoms with Crippen molar-refractivity contribution in [1.82, 2.24) is 0 Å². The summed E-state index contributed by atoms with van der Waals surface area (Å²) in [4.78, 5) is 37.7. The smallest absolute Gasteiger partial charge is 0.333 e. The summed E-state index contributed by atoms with van der Waals surface area (Å²) in [6, 6.07) is 0. The van der Waals surface area contributed by atoms with Crippen molar-refractivity contribution in [3.8, 4) is 0 Å². The van der Waals surface area contributed by atoms with Crippen LogP contribution in [0.25, 0.3) is 0 Å². The van der Waals surface area contributed by atoms with Gasteiger partial charge in [-0.2, -0.15) is 0 Å². The first-order valence-corrected chi connectivity index (χ1v) is 14.2. The van der Waals surface area contributed by atoms with Gasteiger partial charge in [0.25, 0.3) is 0 Å². The summed E-state index contributed by atoms with van der Waals surface area (Å²) in [6.45, 7) is 8.96. The maximum absolute atomic E-state index is 12.9. The predicted octanol–water partition coefficient (Wildman–Crippen LogP) is 2.91. The summed E-state index contributed by atoms with van der Waals surface area (Å²) in [5.41, 5.74) is 0.254. The third-order valence-corrected chi connectivity index (χ3v) is 7.98. The van der Waals surface area contributed by atoms with Crippen LogP contribution in [0.3, 0.4) is 0 Å². The van der Waals surface area contributed by atoms with Crippen molar-refractivity contribution in [3.63, 3.8) is 0 Å². The highest BCUT2D eigenvalue weighted by Crippen LogP contribution is 2.49. The van der Waals surface area contributed by atoms with E-state index >= 15 is 0 Å². The normalized spacial score (nSPS) is 38.1.